The molecule has 0 atom stereocenters. The maximum atomic E-state index is 11.7. The van der Waals surface area contributed by atoms with E-state index in [4.69, 9.17) is 10.5 Å². The highest BCUT2D eigenvalue weighted by atomic mass is 16.5. The van der Waals surface area contributed by atoms with Crippen LogP contribution >= 0.6 is 0 Å². The summed E-state index contributed by atoms with van der Waals surface area (Å²) < 4.78 is 6.43. The average molecular weight is 251 g/mol. The Bertz CT molecular complexity index is 576. The van der Waals surface area contributed by atoms with Crippen molar-refractivity contribution in [2.75, 3.05) is 13.2 Å². The van der Waals surface area contributed by atoms with Gasteiger partial charge in [-0.15, -0.1) is 10.2 Å². The summed E-state index contributed by atoms with van der Waals surface area (Å²) in [5.41, 5.74) is 5.00. The van der Waals surface area contributed by atoms with Crippen LogP contribution in [0.2, 0.25) is 0 Å². The molecule has 0 bridgehead atoms. The number of aromatic nitrogens is 6. The van der Waals surface area contributed by atoms with E-state index in [1.807, 2.05) is 0 Å². The Morgan fingerprint density at radius 2 is 2.33 bits per heavy atom. The molecule has 0 saturated heterocycles. The van der Waals surface area contributed by atoms with Crippen LogP contribution in [0.5, 0.6) is 5.75 Å². The Balaban J connectivity index is 2.12. The van der Waals surface area contributed by atoms with Crippen LogP contribution in [0.15, 0.2) is 17.1 Å². The molecule has 0 unspecified atom stereocenters. The van der Waals surface area contributed by atoms with Crippen LogP contribution in [0.4, 0.5) is 0 Å². The predicted octanol–water partition coefficient (Wildman–Crippen LogP) is -1.85. The molecule has 0 aliphatic heterocycles. The lowest BCUT2D eigenvalue weighted by molar-refractivity contribution is 0.324. The summed E-state index contributed by atoms with van der Waals surface area (Å²) in [5.74, 6) is 0.816. The first-order valence-corrected chi connectivity index (χ1v) is 5.32. The van der Waals surface area contributed by atoms with Crippen molar-refractivity contribution in [2.24, 2.45) is 12.8 Å². The number of nitrogens with two attached hydrogens (primary N) is 1. The van der Waals surface area contributed by atoms with Crippen molar-refractivity contribution in [1.82, 2.24) is 30.0 Å². The predicted molar refractivity (Wildman–Crippen MR) is 60.9 cm³/mol. The molecule has 0 spiro atoms. The van der Waals surface area contributed by atoms with Crippen molar-refractivity contribution in [3.05, 3.63) is 28.4 Å². The van der Waals surface area contributed by atoms with Crippen molar-refractivity contribution < 1.29 is 4.74 Å². The zero-order valence-electron chi connectivity index (χ0n) is 9.85. The van der Waals surface area contributed by atoms with Crippen LogP contribution in [0, 0.1) is 0 Å². The topological polar surface area (TPSA) is 114 Å². The lowest BCUT2D eigenvalue weighted by atomic mass is 10.5. The van der Waals surface area contributed by atoms with Gasteiger partial charge in [-0.25, -0.2) is 4.68 Å². The monoisotopic (exact) mass is 251 g/mol. The molecular weight excluding hydrogens is 238 g/mol. The van der Waals surface area contributed by atoms with E-state index < -0.39 is 0 Å². The van der Waals surface area contributed by atoms with Crippen LogP contribution in [0.3, 0.4) is 0 Å². The highest BCUT2D eigenvalue weighted by Crippen LogP contribution is 2.02. The third kappa shape index (κ3) is 2.88. The molecule has 0 aliphatic carbocycles. The summed E-state index contributed by atoms with van der Waals surface area (Å²) in [6.45, 7) is 0.896. The van der Waals surface area contributed by atoms with Gasteiger partial charge in [0.15, 0.2) is 5.82 Å². The van der Waals surface area contributed by atoms with Crippen molar-refractivity contribution >= 4 is 0 Å². The van der Waals surface area contributed by atoms with Crippen LogP contribution in [-0.2, 0) is 13.6 Å². The van der Waals surface area contributed by atoms with Gasteiger partial charge >= 0.3 is 0 Å². The molecule has 2 rings (SSSR count). The van der Waals surface area contributed by atoms with Crippen LogP contribution < -0.4 is 16.0 Å². The minimum Gasteiger partial charge on any atom is -0.490 e. The normalized spacial score (nSPS) is 10.6. The molecule has 2 N–H and O–H groups in total. The highest BCUT2D eigenvalue weighted by molar-refractivity contribution is 5.13. The number of hydrogen-bond acceptors (Lipinski definition) is 7. The molecule has 2 aromatic heterocycles. The molecule has 0 aliphatic rings. The SMILES string of the molecule is Cn1nnc(Cn2ncc(OCCN)cc2=O)n1. The Labute approximate surface area is 102 Å². The number of rotatable bonds is 5. The molecule has 9 heteroatoms. The quantitative estimate of drug-likeness (QED) is 0.663. The summed E-state index contributed by atoms with van der Waals surface area (Å²) >= 11 is 0. The Morgan fingerprint density at radius 1 is 1.50 bits per heavy atom. The lowest BCUT2D eigenvalue weighted by Crippen LogP contribution is -2.23. The second kappa shape index (κ2) is 5.36. The van der Waals surface area contributed by atoms with E-state index in [-0.39, 0.29) is 12.1 Å². The number of nitrogens with zero attached hydrogens (tertiary/aromatic N) is 6. The molecule has 2 aromatic rings. The fourth-order valence-electron chi connectivity index (χ4n) is 1.31. The van der Waals surface area contributed by atoms with Crippen molar-refractivity contribution in [3.63, 3.8) is 0 Å². The highest BCUT2D eigenvalue weighted by Gasteiger charge is 2.05. The van der Waals surface area contributed by atoms with Gasteiger partial charge in [0.05, 0.1) is 13.2 Å². The second-order valence-electron chi connectivity index (χ2n) is 3.52. The minimum absolute atomic E-state index is 0.170. The van der Waals surface area contributed by atoms with Crippen molar-refractivity contribution in [3.8, 4) is 5.75 Å². The zero-order chi connectivity index (χ0) is 13.0. The molecule has 0 aromatic carbocycles. The Hall–Kier alpha value is -2.29. The lowest BCUT2D eigenvalue weighted by Gasteiger charge is -2.05. The summed E-state index contributed by atoms with van der Waals surface area (Å²) in [5, 5.41) is 15.4. The summed E-state index contributed by atoms with van der Waals surface area (Å²) in [4.78, 5) is 13.0. The van der Waals surface area contributed by atoms with Gasteiger partial charge in [0, 0.05) is 12.6 Å². The van der Waals surface area contributed by atoms with E-state index in [0.29, 0.717) is 24.7 Å². The minimum atomic E-state index is -0.294. The number of aryl methyl sites for hydroxylation is 1. The molecule has 2 heterocycles. The molecule has 9 nitrogen and oxygen atoms in total. The molecule has 18 heavy (non-hydrogen) atoms. The maximum absolute atomic E-state index is 11.7. The van der Waals surface area contributed by atoms with Crippen LogP contribution in [0.1, 0.15) is 5.82 Å². The van der Waals surface area contributed by atoms with E-state index in [1.165, 1.54) is 21.7 Å². The van der Waals surface area contributed by atoms with Crippen LogP contribution in [-0.4, -0.2) is 43.1 Å². The van der Waals surface area contributed by atoms with E-state index in [9.17, 15) is 4.79 Å². The molecule has 0 amide bonds. The van der Waals surface area contributed by atoms with Gasteiger partial charge < -0.3 is 10.5 Å². The first kappa shape index (κ1) is 12.2. The van der Waals surface area contributed by atoms with Gasteiger partial charge in [0.25, 0.3) is 5.56 Å². The largest absolute Gasteiger partial charge is 0.490 e. The van der Waals surface area contributed by atoms with Crippen molar-refractivity contribution in [1.29, 1.82) is 0 Å². The molecule has 0 radical (unpaired) electrons. The van der Waals surface area contributed by atoms with Gasteiger partial charge in [0.1, 0.15) is 18.9 Å². The fraction of sp³-hybridized carbons (Fsp3) is 0.444. The molecular formula is C9H13N7O2. The van der Waals surface area contributed by atoms with Gasteiger partial charge in [-0.2, -0.15) is 9.90 Å². The van der Waals surface area contributed by atoms with Gasteiger partial charge in [-0.3, -0.25) is 4.79 Å². The van der Waals surface area contributed by atoms with E-state index in [2.05, 4.69) is 20.5 Å². The van der Waals surface area contributed by atoms with Crippen LogP contribution in [0.25, 0.3) is 0 Å². The van der Waals surface area contributed by atoms with Gasteiger partial charge in [-0.1, -0.05) is 0 Å². The summed E-state index contributed by atoms with van der Waals surface area (Å²) in [6, 6.07) is 1.35. The smallest absolute Gasteiger partial charge is 0.270 e. The Morgan fingerprint density at radius 3 is 2.94 bits per heavy atom. The average Bonchev–Trinajstić information content (AvgIpc) is 2.75. The second-order valence-corrected chi connectivity index (χ2v) is 3.52. The third-order valence-electron chi connectivity index (χ3n) is 2.07. The van der Waals surface area contributed by atoms with Gasteiger partial charge in [-0.05, 0) is 5.21 Å². The first-order chi connectivity index (χ1) is 8.69. The number of ether oxygens (including phenoxy) is 1. The first-order valence-electron chi connectivity index (χ1n) is 5.32. The maximum Gasteiger partial charge on any atom is 0.270 e. The van der Waals surface area contributed by atoms with E-state index >= 15 is 0 Å². The molecule has 96 valence electrons. The zero-order valence-corrected chi connectivity index (χ0v) is 9.85. The van der Waals surface area contributed by atoms with Gasteiger partial charge in [0.2, 0.25) is 0 Å². The number of hydrogen-bond donors (Lipinski definition) is 1. The number of tetrazole rings is 1. The summed E-state index contributed by atoms with van der Waals surface area (Å²) in [7, 11) is 1.65. The van der Waals surface area contributed by atoms with E-state index in [1.54, 1.807) is 7.05 Å². The molecule has 0 fully saturated rings. The third-order valence-corrected chi connectivity index (χ3v) is 2.07. The summed E-state index contributed by atoms with van der Waals surface area (Å²) in [6.07, 6.45) is 1.45. The van der Waals surface area contributed by atoms with Crippen molar-refractivity contribution in [2.45, 2.75) is 6.54 Å². The molecule has 0 saturated carbocycles. The standard InChI is InChI=1S/C9H13N7O2/c1-15-13-8(12-14-15)6-16-9(17)4-7(5-11-16)18-3-2-10/h4-5H,2-3,6,10H2,1H3. The Kier molecular flexibility index (Phi) is 3.63. The van der Waals surface area contributed by atoms with E-state index in [0.717, 1.165) is 0 Å². The fourth-order valence-corrected chi connectivity index (χ4v) is 1.31.